The number of halogens is 1. The number of para-hydroxylation sites is 1. The topological polar surface area (TPSA) is 75.7 Å². The molecule has 2 aromatic carbocycles. The number of nitrogens with zero attached hydrogens (tertiary/aromatic N) is 1. The molecule has 2 aliphatic rings. The summed E-state index contributed by atoms with van der Waals surface area (Å²) in [4.78, 5) is 40.3. The van der Waals surface area contributed by atoms with Gasteiger partial charge in [0.05, 0.1) is 24.6 Å². The molecule has 2 heterocycles. The van der Waals surface area contributed by atoms with Gasteiger partial charge in [0.2, 0.25) is 11.8 Å². The third kappa shape index (κ3) is 2.68. The molecular formula is C22H21FN2O4. The standard InChI is InChI=1S/C22H21FN2O4/c1-12-8-4-5-9-13(12)18-16-17(22(2,24-18)21(28)29-3)20(27)25(19(16)26)15-11-7-6-10-14(15)23/h4-11,16-18,24H,1-3H3. The van der Waals surface area contributed by atoms with Gasteiger partial charge in [-0.2, -0.15) is 0 Å². The van der Waals surface area contributed by atoms with E-state index in [1.807, 2.05) is 31.2 Å². The van der Waals surface area contributed by atoms with Crippen molar-refractivity contribution >= 4 is 23.5 Å². The van der Waals surface area contributed by atoms with Gasteiger partial charge in [-0.3, -0.25) is 19.7 Å². The van der Waals surface area contributed by atoms with Crippen molar-refractivity contribution in [2.24, 2.45) is 11.8 Å². The zero-order chi connectivity index (χ0) is 20.9. The highest BCUT2D eigenvalue weighted by Gasteiger charge is 2.67. The third-order valence-corrected chi connectivity index (χ3v) is 6.01. The van der Waals surface area contributed by atoms with Crippen LogP contribution in [0.25, 0.3) is 0 Å². The van der Waals surface area contributed by atoms with Crippen LogP contribution in [0, 0.1) is 24.6 Å². The van der Waals surface area contributed by atoms with Crippen LogP contribution in [0.15, 0.2) is 48.5 Å². The van der Waals surface area contributed by atoms with Gasteiger partial charge in [-0.1, -0.05) is 36.4 Å². The first-order valence-electron chi connectivity index (χ1n) is 9.35. The first-order valence-corrected chi connectivity index (χ1v) is 9.35. The summed E-state index contributed by atoms with van der Waals surface area (Å²) in [6.45, 7) is 3.46. The van der Waals surface area contributed by atoms with Gasteiger partial charge in [0, 0.05) is 6.04 Å². The van der Waals surface area contributed by atoms with E-state index in [2.05, 4.69) is 5.32 Å². The maximum Gasteiger partial charge on any atom is 0.326 e. The summed E-state index contributed by atoms with van der Waals surface area (Å²) in [7, 11) is 1.24. The lowest BCUT2D eigenvalue weighted by Crippen LogP contribution is -2.54. The van der Waals surface area contributed by atoms with Crippen LogP contribution in [-0.2, 0) is 19.1 Å². The van der Waals surface area contributed by atoms with Gasteiger partial charge < -0.3 is 4.74 Å². The van der Waals surface area contributed by atoms with E-state index in [0.29, 0.717) is 0 Å². The Bertz CT molecular complexity index is 1020. The summed E-state index contributed by atoms with van der Waals surface area (Å²) in [5.74, 6) is -4.31. The second kappa shape index (κ2) is 6.77. The molecule has 7 heteroatoms. The summed E-state index contributed by atoms with van der Waals surface area (Å²) in [6.07, 6.45) is 0. The number of hydrogen-bond donors (Lipinski definition) is 1. The fraction of sp³-hybridized carbons (Fsp3) is 0.318. The minimum absolute atomic E-state index is 0.104. The number of methoxy groups -OCH3 is 1. The minimum atomic E-state index is -1.42. The highest BCUT2D eigenvalue weighted by molar-refractivity contribution is 6.24. The number of esters is 1. The Kier molecular flexibility index (Phi) is 4.50. The SMILES string of the molecule is COC(=O)C1(C)NC(c2ccccc2C)C2C(=O)N(c3ccccc3F)C(=O)C21. The highest BCUT2D eigenvalue weighted by Crippen LogP contribution is 2.50. The number of amides is 2. The number of ether oxygens (including phenoxy) is 1. The van der Waals surface area contributed by atoms with Crippen LogP contribution < -0.4 is 10.2 Å². The van der Waals surface area contributed by atoms with E-state index in [-0.39, 0.29) is 5.69 Å². The molecule has 2 amide bonds. The number of hydrogen-bond acceptors (Lipinski definition) is 5. The predicted octanol–water partition coefficient (Wildman–Crippen LogP) is 2.52. The highest BCUT2D eigenvalue weighted by atomic mass is 19.1. The summed E-state index contributed by atoms with van der Waals surface area (Å²) in [6, 6.07) is 12.5. The molecule has 0 bridgehead atoms. The molecule has 0 saturated carbocycles. The fourth-order valence-corrected chi connectivity index (χ4v) is 4.61. The number of rotatable bonds is 3. The van der Waals surface area contributed by atoms with Crippen LogP contribution in [0.2, 0.25) is 0 Å². The van der Waals surface area contributed by atoms with E-state index in [0.717, 1.165) is 16.0 Å². The number of imide groups is 1. The predicted molar refractivity (Wildman–Crippen MR) is 103 cm³/mol. The Morgan fingerprint density at radius 2 is 1.76 bits per heavy atom. The van der Waals surface area contributed by atoms with Crippen molar-refractivity contribution in [1.82, 2.24) is 5.32 Å². The van der Waals surface area contributed by atoms with E-state index >= 15 is 0 Å². The van der Waals surface area contributed by atoms with E-state index in [1.165, 1.54) is 25.3 Å². The number of fused-ring (bicyclic) bond motifs is 1. The lowest BCUT2D eigenvalue weighted by molar-refractivity contribution is -0.151. The summed E-state index contributed by atoms with van der Waals surface area (Å²) < 4.78 is 19.4. The summed E-state index contributed by atoms with van der Waals surface area (Å²) in [5.41, 5.74) is 0.209. The third-order valence-electron chi connectivity index (χ3n) is 6.01. The maximum absolute atomic E-state index is 14.4. The van der Waals surface area contributed by atoms with Crippen molar-refractivity contribution in [2.45, 2.75) is 25.4 Å². The van der Waals surface area contributed by atoms with Crippen molar-refractivity contribution in [2.75, 3.05) is 12.0 Å². The molecule has 2 aromatic rings. The van der Waals surface area contributed by atoms with Crippen LogP contribution in [0.5, 0.6) is 0 Å². The Labute approximate surface area is 167 Å². The van der Waals surface area contributed by atoms with Crippen molar-refractivity contribution in [3.8, 4) is 0 Å². The van der Waals surface area contributed by atoms with E-state index in [4.69, 9.17) is 4.74 Å². The molecule has 29 heavy (non-hydrogen) atoms. The van der Waals surface area contributed by atoms with Crippen LogP contribution >= 0.6 is 0 Å². The molecule has 4 rings (SSSR count). The van der Waals surface area contributed by atoms with Gasteiger partial charge >= 0.3 is 5.97 Å². The smallest absolute Gasteiger partial charge is 0.326 e. The van der Waals surface area contributed by atoms with Crippen molar-refractivity contribution in [1.29, 1.82) is 0 Å². The number of benzene rings is 2. The second-order valence-corrected chi connectivity index (χ2v) is 7.64. The zero-order valence-corrected chi connectivity index (χ0v) is 16.3. The largest absolute Gasteiger partial charge is 0.468 e. The van der Waals surface area contributed by atoms with Crippen LogP contribution in [0.1, 0.15) is 24.1 Å². The van der Waals surface area contributed by atoms with E-state index in [9.17, 15) is 18.8 Å². The number of aryl methyl sites for hydroxylation is 1. The van der Waals surface area contributed by atoms with Gasteiger partial charge in [0.25, 0.3) is 0 Å². The summed E-state index contributed by atoms with van der Waals surface area (Å²) >= 11 is 0. The fourth-order valence-electron chi connectivity index (χ4n) is 4.61. The Balaban J connectivity index is 1.87. The first-order chi connectivity index (χ1) is 13.8. The van der Waals surface area contributed by atoms with Crippen LogP contribution in [0.3, 0.4) is 0 Å². The lowest BCUT2D eigenvalue weighted by Gasteiger charge is -2.29. The monoisotopic (exact) mass is 396 g/mol. The van der Waals surface area contributed by atoms with Crippen molar-refractivity contribution < 1.29 is 23.5 Å². The zero-order valence-electron chi connectivity index (χ0n) is 16.3. The molecule has 2 fully saturated rings. The molecule has 0 aliphatic carbocycles. The van der Waals surface area contributed by atoms with Crippen LogP contribution in [-0.4, -0.2) is 30.4 Å². The number of carbonyl (C=O) groups excluding carboxylic acids is 3. The van der Waals surface area contributed by atoms with E-state index < -0.39 is 47.0 Å². The molecule has 2 saturated heterocycles. The van der Waals surface area contributed by atoms with Gasteiger partial charge in [-0.05, 0) is 37.1 Å². The van der Waals surface area contributed by atoms with Crippen molar-refractivity contribution in [3.63, 3.8) is 0 Å². The Hall–Kier alpha value is -3.06. The molecule has 0 radical (unpaired) electrons. The molecule has 4 unspecified atom stereocenters. The molecular weight excluding hydrogens is 375 g/mol. The van der Waals surface area contributed by atoms with Gasteiger partial charge in [-0.25, -0.2) is 9.29 Å². The molecule has 0 aromatic heterocycles. The summed E-state index contributed by atoms with van der Waals surface area (Å²) in [5, 5.41) is 3.19. The maximum atomic E-state index is 14.4. The van der Waals surface area contributed by atoms with Crippen LogP contribution in [0.4, 0.5) is 10.1 Å². The normalized spacial score (nSPS) is 28.6. The Morgan fingerprint density at radius 1 is 1.10 bits per heavy atom. The van der Waals surface area contributed by atoms with E-state index in [1.54, 1.807) is 13.0 Å². The number of anilines is 1. The molecule has 4 atom stereocenters. The Morgan fingerprint density at radius 3 is 2.41 bits per heavy atom. The lowest BCUT2D eigenvalue weighted by atomic mass is 9.80. The number of nitrogens with one attached hydrogen (secondary N) is 1. The van der Waals surface area contributed by atoms with Gasteiger partial charge in [-0.15, -0.1) is 0 Å². The minimum Gasteiger partial charge on any atom is -0.468 e. The molecule has 1 N–H and O–H groups in total. The molecule has 0 spiro atoms. The quantitative estimate of drug-likeness (QED) is 0.637. The average Bonchev–Trinajstić information content (AvgIpc) is 3.16. The molecule has 6 nitrogen and oxygen atoms in total. The first kappa shape index (κ1) is 19.3. The average molecular weight is 396 g/mol. The molecule has 2 aliphatic heterocycles. The number of carbonyl (C=O) groups is 3. The molecule has 150 valence electrons. The van der Waals surface area contributed by atoms with Crippen molar-refractivity contribution in [3.05, 3.63) is 65.5 Å². The van der Waals surface area contributed by atoms with Gasteiger partial charge in [0.15, 0.2) is 0 Å². The second-order valence-electron chi connectivity index (χ2n) is 7.64. The van der Waals surface area contributed by atoms with Gasteiger partial charge in [0.1, 0.15) is 11.4 Å².